The normalized spacial score (nSPS) is 12.9. The first-order chi connectivity index (χ1) is 9.83. The Labute approximate surface area is 126 Å². The van der Waals surface area contributed by atoms with E-state index in [2.05, 4.69) is 4.72 Å². The van der Waals surface area contributed by atoms with Crippen molar-refractivity contribution in [1.82, 2.24) is 4.72 Å². The van der Waals surface area contributed by atoms with Crippen LogP contribution in [0.4, 0.5) is 4.39 Å². The molecule has 4 nitrogen and oxygen atoms in total. The summed E-state index contributed by atoms with van der Waals surface area (Å²) in [7, 11) is -3.72. The van der Waals surface area contributed by atoms with E-state index in [4.69, 9.17) is 5.26 Å². The maximum atomic E-state index is 13.5. The van der Waals surface area contributed by atoms with Crippen molar-refractivity contribution in [2.75, 3.05) is 0 Å². The van der Waals surface area contributed by atoms with E-state index in [1.54, 1.807) is 26.0 Å². The van der Waals surface area contributed by atoms with Crippen molar-refractivity contribution in [3.05, 3.63) is 52.2 Å². The Morgan fingerprint density at radius 3 is 2.62 bits per heavy atom. The number of aryl methyl sites for hydroxylation is 1. The Morgan fingerprint density at radius 1 is 1.33 bits per heavy atom. The lowest BCUT2D eigenvalue weighted by Gasteiger charge is -2.14. The molecule has 2 aromatic rings. The lowest BCUT2D eigenvalue weighted by molar-refractivity contribution is 0.566. The molecule has 0 fully saturated rings. The van der Waals surface area contributed by atoms with Crippen LogP contribution in [0.1, 0.15) is 29.0 Å². The molecule has 0 saturated heterocycles. The fourth-order valence-electron chi connectivity index (χ4n) is 1.76. The van der Waals surface area contributed by atoms with Crippen molar-refractivity contribution in [1.29, 1.82) is 5.26 Å². The average Bonchev–Trinajstić information content (AvgIpc) is 2.91. The monoisotopic (exact) mass is 324 g/mol. The van der Waals surface area contributed by atoms with Gasteiger partial charge in [-0.15, -0.1) is 11.3 Å². The number of benzene rings is 1. The van der Waals surface area contributed by atoms with Gasteiger partial charge in [0.1, 0.15) is 21.0 Å². The van der Waals surface area contributed by atoms with E-state index in [0.29, 0.717) is 16.0 Å². The number of halogens is 1. The molecule has 1 unspecified atom stereocenters. The third kappa shape index (κ3) is 3.47. The van der Waals surface area contributed by atoms with Crippen LogP contribution in [0, 0.1) is 24.1 Å². The molecule has 110 valence electrons. The molecule has 1 heterocycles. The molecular formula is C14H13FN2O2S2. The van der Waals surface area contributed by atoms with Crippen LogP contribution in [0.25, 0.3) is 0 Å². The van der Waals surface area contributed by atoms with Crippen molar-refractivity contribution in [3.8, 4) is 6.07 Å². The topological polar surface area (TPSA) is 70.0 Å². The number of hydrogen-bond acceptors (Lipinski definition) is 4. The summed E-state index contributed by atoms with van der Waals surface area (Å²) < 4.78 is 40.5. The summed E-state index contributed by atoms with van der Waals surface area (Å²) in [5.74, 6) is -0.374. The van der Waals surface area contributed by atoms with Crippen LogP contribution in [0.5, 0.6) is 0 Å². The minimum absolute atomic E-state index is 0.0680. The Morgan fingerprint density at radius 2 is 2.05 bits per heavy atom. The second kappa shape index (κ2) is 5.93. The number of sulfonamides is 1. The van der Waals surface area contributed by atoms with Gasteiger partial charge in [-0.25, -0.2) is 17.5 Å². The lowest BCUT2D eigenvalue weighted by atomic mass is 10.1. The van der Waals surface area contributed by atoms with Gasteiger partial charge in [-0.2, -0.15) is 5.26 Å². The molecule has 0 aliphatic rings. The summed E-state index contributed by atoms with van der Waals surface area (Å²) in [5, 5.41) is 8.74. The molecule has 0 radical (unpaired) electrons. The Balaban J connectivity index is 2.23. The van der Waals surface area contributed by atoms with Gasteiger partial charge < -0.3 is 0 Å². The van der Waals surface area contributed by atoms with Gasteiger partial charge in [-0.1, -0.05) is 12.1 Å². The summed E-state index contributed by atoms with van der Waals surface area (Å²) in [5.41, 5.74) is 1.05. The Hall–Kier alpha value is -1.75. The maximum Gasteiger partial charge on any atom is 0.250 e. The summed E-state index contributed by atoms with van der Waals surface area (Å²) in [4.78, 5) is 0.324. The van der Waals surface area contributed by atoms with E-state index in [0.717, 1.165) is 11.3 Å². The molecule has 1 N–H and O–H groups in total. The zero-order valence-electron chi connectivity index (χ0n) is 11.4. The highest BCUT2D eigenvalue weighted by molar-refractivity contribution is 7.91. The van der Waals surface area contributed by atoms with E-state index < -0.39 is 16.1 Å². The smallest absolute Gasteiger partial charge is 0.207 e. The quantitative estimate of drug-likeness (QED) is 0.939. The van der Waals surface area contributed by atoms with E-state index in [1.807, 2.05) is 6.07 Å². The second-order valence-electron chi connectivity index (χ2n) is 4.58. The zero-order valence-corrected chi connectivity index (χ0v) is 13.1. The van der Waals surface area contributed by atoms with Crippen LogP contribution in [-0.4, -0.2) is 8.42 Å². The van der Waals surface area contributed by atoms with Crippen molar-refractivity contribution < 1.29 is 12.8 Å². The first-order valence-corrected chi connectivity index (χ1v) is 8.42. The van der Waals surface area contributed by atoms with E-state index >= 15 is 0 Å². The molecule has 0 amide bonds. The van der Waals surface area contributed by atoms with Gasteiger partial charge in [0.05, 0.1) is 0 Å². The number of nitrogens with one attached hydrogen (secondary N) is 1. The predicted molar refractivity (Wildman–Crippen MR) is 78.9 cm³/mol. The fraction of sp³-hybridized carbons (Fsp3) is 0.214. The van der Waals surface area contributed by atoms with Crippen LogP contribution in [0.3, 0.4) is 0 Å². The van der Waals surface area contributed by atoms with E-state index in [9.17, 15) is 12.8 Å². The largest absolute Gasteiger partial charge is 0.250 e. The molecule has 7 heteroatoms. The third-order valence-electron chi connectivity index (χ3n) is 2.98. The van der Waals surface area contributed by atoms with E-state index in [-0.39, 0.29) is 10.0 Å². The van der Waals surface area contributed by atoms with Gasteiger partial charge in [0, 0.05) is 6.04 Å². The van der Waals surface area contributed by atoms with Gasteiger partial charge in [-0.05, 0) is 43.2 Å². The average molecular weight is 324 g/mol. The Kier molecular flexibility index (Phi) is 4.42. The first-order valence-electron chi connectivity index (χ1n) is 6.12. The van der Waals surface area contributed by atoms with Crippen LogP contribution in [-0.2, 0) is 10.0 Å². The molecule has 1 aromatic carbocycles. The van der Waals surface area contributed by atoms with Crippen molar-refractivity contribution in [2.24, 2.45) is 0 Å². The molecule has 0 bridgehead atoms. The standard InChI is InChI=1S/C14H13FN2O2S2/c1-9-3-4-11(7-13(9)15)10(2)17-21(18,19)14-6-5-12(8-16)20-14/h3-7,10,17H,1-2H3. The summed E-state index contributed by atoms with van der Waals surface area (Å²) in [6.07, 6.45) is 0. The molecule has 1 atom stereocenters. The molecule has 1 aromatic heterocycles. The molecular weight excluding hydrogens is 311 g/mol. The van der Waals surface area contributed by atoms with E-state index in [1.165, 1.54) is 18.2 Å². The van der Waals surface area contributed by atoms with Crippen LogP contribution in [0.15, 0.2) is 34.5 Å². The molecule has 0 aliphatic carbocycles. The summed E-state index contributed by atoms with van der Waals surface area (Å²) in [6, 6.07) is 8.76. The second-order valence-corrected chi connectivity index (χ2v) is 7.61. The minimum atomic E-state index is -3.72. The number of nitrogens with zero attached hydrogens (tertiary/aromatic N) is 1. The minimum Gasteiger partial charge on any atom is -0.207 e. The highest BCUT2D eigenvalue weighted by atomic mass is 32.2. The number of rotatable bonds is 4. The Bertz CT molecular complexity index is 807. The molecule has 21 heavy (non-hydrogen) atoms. The van der Waals surface area contributed by atoms with Gasteiger partial charge in [-0.3, -0.25) is 0 Å². The summed E-state index contributed by atoms with van der Waals surface area (Å²) in [6.45, 7) is 3.28. The van der Waals surface area contributed by atoms with Crippen LogP contribution in [0.2, 0.25) is 0 Å². The SMILES string of the molecule is Cc1ccc(C(C)NS(=O)(=O)c2ccc(C#N)s2)cc1F. The van der Waals surface area contributed by atoms with Gasteiger partial charge >= 0.3 is 0 Å². The van der Waals surface area contributed by atoms with Crippen LogP contribution >= 0.6 is 11.3 Å². The summed E-state index contributed by atoms with van der Waals surface area (Å²) >= 11 is 0.897. The van der Waals surface area contributed by atoms with Gasteiger partial charge in [0.2, 0.25) is 0 Å². The van der Waals surface area contributed by atoms with Crippen molar-refractivity contribution in [3.63, 3.8) is 0 Å². The maximum absolute atomic E-state index is 13.5. The third-order valence-corrected chi connectivity index (χ3v) is 6.01. The molecule has 0 aliphatic heterocycles. The zero-order chi connectivity index (χ0) is 15.6. The van der Waals surface area contributed by atoms with Crippen LogP contribution < -0.4 is 4.72 Å². The number of nitriles is 1. The number of thiophene rings is 1. The van der Waals surface area contributed by atoms with Gasteiger partial charge in [0.15, 0.2) is 0 Å². The predicted octanol–water partition coefficient (Wildman–Crippen LogP) is 3.11. The molecule has 0 spiro atoms. The van der Waals surface area contributed by atoms with Crippen molar-refractivity contribution in [2.45, 2.75) is 24.1 Å². The highest BCUT2D eigenvalue weighted by Gasteiger charge is 2.20. The first kappa shape index (κ1) is 15.6. The molecule has 2 rings (SSSR count). The van der Waals surface area contributed by atoms with Gasteiger partial charge in [0.25, 0.3) is 10.0 Å². The number of hydrogen-bond donors (Lipinski definition) is 1. The molecule has 0 saturated carbocycles. The highest BCUT2D eigenvalue weighted by Crippen LogP contribution is 2.24. The fourth-order valence-corrected chi connectivity index (χ4v) is 4.11. The lowest BCUT2D eigenvalue weighted by Crippen LogP contribution is -2.26. The van der Waals surface area contributed by atoms with Crippen molar-refractivity contribution >= 4 is 21.4 Å².